The number of rotatable bonds is 0. The summed E-state index contributed by atoms with van der Waals surface area (Å²) >= 11 is 0. The first-order valence-electron chi connectivity index (χ1n) is 9.79. The highest BCUT2D eigenvalue weighted by molar-refractivity contribution is 5.16. The zero-order chi connectivity index (χ0) is 14.2. The minimum atomic E-state index is 0.0258. The van der Waals surface area contributed by atoms with Crippen molar-refractivity contribution in [1.82, 2.24) is 0 Å². The smallest absolute Gasteiger partial charge is 0.0543 e. The summed E-state index contributed by atoms with van der Waals surface area (Å²) in [5, 5.41) is 10.0. The summed E-state index contributed by atoms with van der Waals surface area (Å²) < 4.78 is 0. The van der Waals surface area contributed by atoms with Gasteiger partial charge in [-0.15, -0.1) is 0 Å². The van der Waals surface area contributed by atoms with Gasteiger partial charge in [-0.2, -0.15) is 0 Å². The number of hydrogen-bond donors (Lipinski definition) is 1. The quantitative estimate of drug-likeness (QED) is 0.680. The molecule has 0 bridgehead atoms. The maximum atomic E-state index is 10.0. The average Bonchev–Trinajstić information content (AvgIpc) is 3.20. The zero-order valence-electron chi connectivity index (χ0n) is 13.7. The maximum Gasteiger partial charge on any atom is 0.0543 e. The molecule has 5 saturated carbocycles. The normalized spacial score (nSPS) is 57.4. The Morgan fingerprint density at radius 1 is 0.762 bits per heavy atom. The van der Waals surface area contributed by atoms with Crippen molar-refractivity contribution in [3.8, 4) is 0 Å². The van der Waals surface area contributed by atoms with Crippen LogP contribution in [0.1, 0.15) is 77.6 Å². The highest BCUT2D eigenvalue weighted by Crippen LogP contribution is 2.75. The highest BCUT2D eigenvalue weighted by Gasteiger charge is 2.66. The predicted octanol–water partition coefficient (Wildman–Crippen LogP) is 4.78. The van der Waals surface area contributed by atoms with Crippen molar-refractivity contribution in [1.29, 1.82) is 0 Å². The first-order chi connectivity index (χ1) is 10.1. The Labute approximate surface area is 129 Å². The van der Waals surface area contributed by atoms with Crippen molar-refractivity contribution in [2.24, 2.45) is 40.4 Å². The monoisotopic (exact) mass is 288 g/mol. The van der Waals surface area contributed by atoms with Crippen molar-refractivity contribution in [2.45, 2.75) is 83.7 Å². The van der Waals surface area contributed by atoms with E-state index in [-0.39, 0.29) is 6.10 Å². The Morgan fingerprint density at radius 3 is 2.43 bits per heavy atom. The molecule has 5 rings (SSSR count). The van der Waals surface area contributed by atoms with Gasteiger partial charge in [0.1, 0.15) is 0 Å². The first-order valence-corrected chi connectivity index (χ1v) is 9.79. The molecule has 0 amide bonds. The van der Waals surface area contributed by atoms with Crippen LogP contribution in [0.25, 0.3) is 0 Å². The molecule has 0 unspecified atom stereocenters. The molecule has 0 aromatic heterocycles. The lowest BCUT2D eigenvalue weighted by atomic mass is 9.50. The second-order valence-corrected chi connectivity index (χ2v) is 9.76. The van der Waals surface area contributed by atoms with Crippen LogP contribution in [0.2, 0.25) is 0 Å². The molecule has 21 heavy (non-hydrogen) atoms. The molecule has 118 valence electrons. The van der Waals surface area contributed by atoms with Crippen LogP contribution >= 0.6 is 0 Å². The third kappa shape index (κ3) is 1.73. The van der Waals surface area contributed by atoms with Crippen LogP contribution in [0.3, 0.4) is 0 Å². The van der Waals surface area contributed by atoms with Gasteiger partial charge in [-0.25, -0.2) is 0 Å². The van der Waals surface area contributed by atoms with E-state index >= 15 is 0 Å². The molecule has 7 atom stereocenters. The Hall–Kier alpha value is -0.0400. The van der Waals surface area contributed by atoms with Gasteiger partial charge in [-0.1, -0.05) is 6.92 Å². The standard InChI is InChI=1S/C20H32O/c1-19-6-4-14-10-15-11-16(21)3-2-13(15)12-17(14)18(19)5-7-20(19)8-9-20/h13-18,21H,2-12H2,1H3/t13-,14+,15+,16-,17+,18-,19-/m1/s1. The van der Waals surface area contributed by atoms with Crippen molar-refractivity contribution in [2.75, 3.05) is 0 Å². The van der Waals surface area contributed by atoms with E-state index in [0.29, 0.717) is 0 Å². The van der Waals surface area contributed by atoms with E-state index in [1.807, 2.05) is 0 Å². The summed E-state index contributed by atoms with van der Waals surface area (Å²) in [6.45, 7) is 2.69. The molecule has 5 aliphatic carbocycles. The lowest BCUT2D eigenvalue weighted by Gasteiger charge is -2.55. The number of aliphatic hydroxyl groups excluding tert-OH is 1. The summed E-state index contributed by atoms with van der Waals surface area (Å²) in [4.78, 5) is 0. The number of aliphatic hydroxyl groups is 1. The Balaban J connectivity index is 1.40. The molecule has 5 fully saturated rings. The van der Waals surface area contributed by atoms with E-state index in [0.717, 1.165) is 53.3 Å². The van der Waals surface area contributed by atoms with E-state index < -0.39 is 0 Å². The van der Waals surface area contributed by atoms with Gasteiger partial charge in [0, 0.05) is 0 Å². The van der Waals surface area contributed by atoms with Gasteiger partial charge in [0.15, 0.2) is 0 Å². The molecule has 0 heterocycles. The molecule has 1 nitrogen and oxygen atoms in total. The fourth-order valence-electron chi connectivity index (χ4n) is 7.85. The average molecular weight is 288 g/mol. The molecule has 0 aromatic carbocycles. The van der Waals surface area contributed by atoms with Gasteiger partial charge in [-0.3, -0.25) is 0 Å². The minimum Gasteiger partial charge on any atom is -0.393 e. The van der Waals surface area contributed by atoms with E-state index in [2.05, 4.69) is 6.92 Å². The minimum absolute atomic E-state index is 0.0258. The van der Waals surface area contributed by atoms with E-state index in [4.69, 9.17) is 0 Å². The van der Waals surface area contributed by atoms with Crippen LogP contribution in [0.5, 0.6) is 0 Å². The van der Waals surface area contributed by atoms with Crippen LogP contribution in [0.4, 0.5) is 0 Å². The maximum absolute atomic E-state index is 10.0. The van der Waals surface area contributed by atoms with Crippen LogP contribution in [0.15, 0.2) is 0 Å². The topological polar surface area (TPSA) is 20.2 Å². The third-order valence-corrected chi connectivity index (χ3v) is 9.27. The second-order valence-electron chi connectivity index (χ2n) is 9.76. The van der Waals surface area contributed by atoms with Crippen molar-refractivity contribution < 1.29 is 5.11 Å². The lowest BCUT2D eigenvalue weighted by molar-refractivity contribution is -0.0653. The Kier molecular flexibility index (Phi) is 2.73. The molecule has 0 aliphatic heterocycles. The number of fused-ring (bicyclic) bond motifs is 5. The fourth-order valence-corrected chi connectivity index (χ4v) is 7.85. The lowest BCUT2D eigenvalue weighted by Crippen LogP contribution is -2.47. The van der Waals surface area contributed by atoms with Crippen LogP contribution < -0.4 is 0 Å². The molecule has 0 saturated heterocycles. The molecular weight excluding hydrogens is 256 g/mol. The molecule has 0 radical (unpaired) electrons. The molecular formula is C20H32O. The SMILES string of the molecule is C[C@@]12CC[C@H]3C[C@H]4C[C@H](O)CC[C@@H]4C[C@@H]3[C@H]1CCC21CC1. The Bertz CT molecular complexity index is 439. The van der Waals surface area contributed by atoms with Crippen LogP contribution in [-0.2, 0) is 0 Å². The van der Waals surface area contributed by atoms with E-state index in [1.54, 1.807) is 25.7 Å². The summed E-state index contributed by atoms with van der Waals surface area (Å²) in [5.41, 5.74) is 1.53. The molecule has 1 heteroatoms. The first kappa shape index (κ1) is 13.4. The largest absolute Gasteiger partial charge is 0.393 e. The van der Waals surface area contributed by atoms with Crippen LogP contribution in [-0.4, -0.2) is 11.2 Å². The van der Waals surface area contributed by atoms with Gasteiger partial charge in [0.25, 0.3) is 0 Å². The van der Waals surface area contributed by atoms with Crippen molar-refractivity contribution >= 4 is 0 Å². The summed E-state index contributed by atoms with van der Waals surface area (Å²) in [5.74, 6) is 4.97. The third-order valence-electron chi connectivity index (χ3n) is 9.27. The predicted molar refractivity (Wildman–Crippen MR) is 84.8 cm³/mol. The summed E-state index contributed by atoms with van der Waals surface area (Å²) in [7, 11) is 0. The molecule has 0 aromatic rings. The molecule has 1 spiro atoms. The summed E-state index contributed by atoms with van der Waals surface area (Å²) in [6.07, 6.45) is 15.8. The van der Waals surface area contributed by atoms with Gasteiger partial charge in [0.2, 0.25) is 0 Å². The van der Waals surface area contributed by atoms with Gasteiger partial charge >= 0.3 is 0 Å². The second kappa shape index (κ2) is 4.28. The van der Waals surface area contributed by atoms with Gasteiger partial charge < -0.3 is 5.11 Å². The van der Waals surface area contributed by atoms with Gasteiger partial charge in [-0.05, 0) is 111 Å². The summed E-state index contributed by atoms with van der Waals surface area (Å²) in [6, 6.07) is 0. The van der Waals surface area contributed by atoms with E-state index in [9.17, 15) is 5.11 Å². The van der Waals surface area contributed by atoms with Crippen molar-refractivity contribution in [3.63, 3.8) is 0 Å². The van der Waals surface area contributed by atoms with Crippen molar-refractivity contribution in [3.05, 3.63) is 0 Å². The number of hydrogen-bond acceptors (Lipinski definition) is 1. The fraction of sp³-hybridized carbons (Fsp3) is 1.00. The molecule has 5 aliphatic rings. The van der Waals surface area contributed by atoms with Crippen LogP contribution in [0, 0.1) is 40.4 Å². The zero-order valence-corrected chi connectivity index (χ0v) is 13.7. The highest BCUT2D eigenvalue weighted by atomic mass is 16.3. The molecule has 1 N–H and O–H groups in total. The van der Waals surface area contributed by atoms with Gasteiger partial charge in [0.05, 0.1) is 6.10 Å². The Morgan fingerprint density at radius 2 is 1.62 bits per heavy atom. The van der Waals surface area contributed by atoms with E-state index in [1.165, 1.54) is 32.1 Å².